The van der Waals surface area contributed by atoms with Gasteiger partial charge in [-0.15, -0.1) is 0 Å². The van der Waals surface area contributed by atoms with Gasteiger partial charge in [-0.2, -0.15) is 0 Å². The molecule has 4 aliphatic rings. The summed E-state index contributed by atoms with van der Waals surface area (Å²) in [6.07, 6.45) is 5.41. The number of hydrogen-bond acceptors (Lipinski definition) is 8. The molecule has 4 aliphatic heterocycles. The van der Waals surface area contributed by atoms with E-state index in [9.17, 15) is 14.4 Å². The molecular formula is C33H37N5O5. The molecule has 224 valence electrons. The topological polar surface area (TPSA) is 114 Å². The van der Waals surface area contributed by atoms with Gasteiger partial charge < -0.3 is 14.4 Å². The minimum atomic E-state index is -0.617. The number of nitrogens with zero attached hydrogens (tertiary/aromatic N) is 4. The van der Waals surface area contributed by atoms with Crippen molar-refractivity contribution in [3.05, 3.63) is 65.1 Å². The highest BCUT2D eigenvalue weighted by molar-refractivity contribution is 6.05. The van der Waals surface area contributed by atoms with Crippen molar-refractivity contribution in [1.82, 2.24) is 25.1 Å². The standard InChI is InChI=1S/C33H37N5O5/c1-33(2)15-21(10-12-42-33)30-34-16-22-13-20(3-6-27(22)35-30)17-37-11-9-25(19-37)43-24-4-5-26-23(14-24)18-38(32(26)41)28-7-8-29(39)36-31(28)40/h3-6,13-14,16,21,25,28H,7-12,15,17-19H2,1-2H3,(H,36,39,40). The normalized spacial score (nSPS) is 25.7. The summed E-state index contributed by atoms with van der Waals surface area (Å²) in [7, 11) is 0. The summed E-state index contributed by atoms with van der Waals surface area (Å²) >= 11 is 0. The lowest BCUT2D eigenvalue weighted by atomic mass is 9.88. The van der Waals surface area contributed by atoms with Crippen LogP contribution in [0.15, 0.2) is 42.6 Å². The van der Waals surface area contributed by atoms with Crippen LogP contribution in [0.1, 0.15) is 79.2 Å². The Morgan fingerprint density at radius 3 is 2.81 bits per heavy atom. The number of carbonyl (C=O) groups is 3. The van der Waals surface area contributed by atoms with Crippen LogP contribution in [0.2, 0.25) is 0 Å². The summed E-state index contributed by atoms with van der Waals surface area (Å²) in [6, 6.07) is 11.4. The summed E-state index contributed by atoms with van der Waals surface area (Å²) in [5, 5.41) is 3.40. The molecule has 5 heterocycles. The number of carbonyl (C=O) groups excluding carboxylic acids is 3. The van der Waals surface area contributed by atoms with Crippen molar-refractivity contribution in [2.24, 2.45) is 0 Å². The Hall–Kier alpha value is -3.89. The van der Waals surface area contributed by atoms with Gasteiger partial charge in [0.15, 0.2) is 0 Å². The van der Waals surface area contributed by atoms with Crippen LogP contribution >= 0.6 is 0 Å². The molecule has 1 N–H and O–H groups in total. The Morgan fingerprint density at radius 1 is 1.09 bits per heavy atom. The average molecular weight is 584 g/mol. The maximum absolute atomic E-state index is 13.0. The predicted octanol–water partition coefficient (Wildman–Crippen LogP) is 3.72. The van der Waals surface area contributed by atoms with Gasteiger partial charge >= 0.3 is 0 Å². The second kappa shape index (κ2) is 11.0. The van der Waals surface area contributed by atoms with Crippen LogP contribution in [-0.4, -0.2) is 74.9 Å². The van der Waals surface area contributed by atoms with E-state index in [1.165, 1.54) is 5.56 Å². The second-order valence-electron chi connectivity index (χ2n) is 12.9. The van der Waals surface area contributed by atoms with Crippen LogP contribution < -0.4 is 10.1 Å². The number of fused-ring (bicyclic) bond motifs is 2. The predicted molar refractivity (Wildman–Crippen MR) is 158 cm³/mol. The van der Waals surface area contributed by atoms with Gasteiger partial charge in [-0.25, -0.2) is 9.97 Å². The first-order valence-corrected chi connectivity index (χ1v) is 15.3. The maximum atomic E-state index is 13.0. The lowest BCUT2D eigenvalue weighted by molar-refractivity contribution is -0.136. The number of benzene rings is 2. The van der Waals surface area contributed by atoms with Crippen molar-refractivity contribution in [2.45, 2.75) is 82.7 Å². The van der Waals surface area contributed by atoms with Crippen LogP contribution in [-0.2, 0) is 27.4 Å². The number of aromatic nitrogens is 2. The minimum absolute atomic E-state index is 0.0523. The van der Waals surface area contributed by atoms with E-state index in [4.69, 9.17) is 19.4 Å². The van der Waals surface area contributed by atoms with Crippen LogP contribution in [0.5, 0.6) is 5.75 Å². The van der Waals surface area contributed by atoms with Gasteiger partial charge in [0.2, 0.25) is 11.8 Å². The first-order valence-electron chi connectivity index (χ1n) is 15.3. The molecule has 0 aliphatic carbocycles. The SMILES string of the molecule is CC1(C)CC(c2ncc3cc(CN4CCC(Oc5ccc6c(c5)CN(C5CCC(=O)NC5=O)C6=O)C4)ccc3n2)CCO1. The summed E-state index contributed by atoms with van der Waals surface area (Å²) < 4.78 is 12.2. The van der Waals surface area contributed by atoms with Gasteiger partial charge in [0.1, 0.15) is 23.7 Å². The van der Waals surface area contributed by atoms with Gasteiger partial charge in [-0.1, -0.05) is 6.07 Å². The van der Waals surface area contributed by atoms with Gasteiger partial charge in [0.05, 0.1) is 11.1 Å². The van der Waals surface area contributed by atoms with Crippen molar-refractivity contribution in [1.29, 1.82) is 0 Å². The smallest absolute Gasteiger partial charge is 0.255 e. The number of amides is 3. The zero-order chi connectivity index (χ0) is 29.7. The number of piperidine rings is 1. The van der Waals surface area contributed by atoms with Crippen molar-refractivity contribution < 1.29 is 23.9 Å². The number of imide groups is 1. The van der Waals surface area contributed by atoms with Crippen LogP contribution in [0.4, 0.5) is 0 Å². The molecule has 0 radical (unpaired) electrons. The fourth-order valence-electron chi connectivity index (χ4n) is 6.96. The molecule has 10 nitrogen and oxygen atoms in total. The first-order chi connectivity index (χ1) is 20.7. The van der Waals surface area contributed by atoms with E-state index < -0.39 is 11.9 Å². The maximum Gasteiger partial charge on any atom is 0.255 e. The summed E-state index contributed by atoms with van der Waals surface area (Å²) in [6.45, 7) is 7.92. The fraction of sp³-hybridized carbons (Fsp3) is 0.485. The molecule has 2 aromatic carbocycles. The largest absolute Gasteiger partial charge is 0.489 e. The van der Waals surface area contributed by atoms with Gasteiger partial charge in [-0.3, -0.25) is 24.6 Å². The lowest BCUT2D eigenvalue weighted by Crippen LogP contribution is -2.52. The highest BCUT2D eigenvalue weighted by Crippen LogP contribution is 2.35. The Morgan fingerprint density at radius 2 is 1.98 bits per heavy atom. The number of hydrogen-bond donors (Lipinski definition) is 1. The van der Waals surface area contributed by atoms with Crippen LogP contribution in [0.25, 0.3) is 10.9 Å². The van der Waals surface area contributed by atoms with E-state index in [1.54, 1.807) is 11.0 Å². The molecule has 0 bridgehead atoms. The van der Waals surface area contributed by atoms with Crippen LogP contribution in [0.3, 0.4) is 0 Å². The molecule has 0 saturated carbocycles. The Kier molecular flexibility index (Phi) is 7.13. The average Bonchev–Trinajstić information content (AvgIpc) is 3.55. The van der Waals surface area contributed by atoms with E-state index in [0.717, 1.165) is 73.5 Å². The molecule has 10 heteroatoms. The molecule has 3 unspecified atom stereocenters. The third kappa shape index (κ3) is 5.73. The van der Waals surface area contributed by atoms with E-state index >= 15 is 0 Å². The molecule has 7 rings (SSSR count). The Balaban J connectivity index is 0.957. The lowest BCUT2D eigenvalue weighted by Gasteiger charge is -2.34. The molecule has 3 fully saturated rings. The number of ether oxygens (including phenoxy) is 2. The third-order valence-electron chi connectivity index (χ3n) is 9.16. The third-order valence-corrected chi connectivity index (χ3v) is 9.16. The Labute approximate surface area is 250 Å². The van der Waals surface area contributed by atoms with Crippen molar-refractivity contribution in [2.75, 3.05) is 19.7 Å². The van der Waals surface area contributed by atoms with Gasteiger partial charge in [0, 0.05) is 62.3 Å². The van der Waals surface area contributed by atoms with Crippen LogP contribution in [0, 0.1) is 0 Å². The molecule has 3 atom stereocenters. The summed E-state index contributed by atoms with van der Waals surface area (Å²) in [4.78, 5) is 50.5. The first kappa shape index (κ1) is 27.9. The van der Waals surface area contributed by atoms with Crippen molar-refractivity contribution >= 4 is 28.6 Å². The highest BCUT2D eigenvalue weighted by Gasteiger charge is 2.39. The van der Waals surface area contributed by atoms with E-state index in [0.29, 0.717) is 24.4 Å². The number of rotatable bonds is 6. The molecule has 43 heavy (non-hydrogen) atoms. The Bertz CT molecular complexity index is 1610. The number of nitrogens with one attached hydrogen (secondary N) is 1. The van der Waals surface area contributed by atoms with Gasteiger partial charge in [-0.05, 0) is 81.0 Å². The zero-order valence-electron chi connectivity index (χ0n) is 24.7. The summed E-state index contributed by atoms with van der Waals surface area (Å²) in [5.41, 5.74) is 3.51. The number of likely N-dealkylation sites (tertiary alicyclic amines) is 1. The highest BCUT2D eigenvalue weighted by atomic mass is 16.5. The zero-order valence-corrected chi connectivity index (χ0v) is 24.7. The van der Waals surface area contributed by atoms with Gasteiger partial charge in [0.25, 0.3) is 5.91 Å². The second-order valence-corrected chi connectivity index (χ2v) is 12.9. The van der Waals surface area contributed by atoms with E-state index in [2.05, 4.69) is 42.3 Å². The molecule has 3 aromatic rings. The molecule has 1 aromatic heterocycles. The monoisotopic (exact) mass is 583 g/mol. The minimum Gasteiger partial charge on any atom is -0.489 e. The molecule has 0 spiro atoms. The quantitative estimate of drug-likeness (QED) is 0.437. The molecule has 3 saturated heterocycles. The molecular weight excluding hydrogens is 546 g/mol. The van der Waals surface area contributed by atoms with E-state index in [-0.39, 0.29) is 29.9 Å². The van der Waals surface area contributed by atoms with E-state index in [1.807, 2.05) is 18.3 Å². The summed E-state index contributed by atoms with van der Waals surface area (Å²) in [5.74, 6) is 1.11. The fourth-order valence-corrected chi connectivity index (χ4v) is 6.96. The molecule has 3 amide bonds. The van der Waals surface area contributed by atoms with Crippen molar-refractivity contribution in [3.63, 3.8) is 0 Å². The van der Waals surface area contributed by atoms with Crippen molar-refractivity contribution in [3.8, 4) is 5.75 Å².